The topological polar surface area (TPSA) is 46.2 Å². The van der Waals surface area contributed by atoms with E-state index >= 15 is 0 Å². The summed E-state index contributed by atoms with van der Waals surface area (Å²) < 4.78 is 26.2. The van der Waals surface area contributed by atoms with Crippen LogP contribution in [-0.2, 0) is 10.0 Å². The zero-order chi connectivity index (χ0) is 13.7. The second-order valence-electron chi connectivity index (χ2n) is 4.12. The number of sulfonamides is 1. The first kappa shape index (κ1) is 14.0. The molecule has 0 saturated heterocycles. The van der Waals surface area contributed by atoms with Crippen LogP contribution in [0.4, 0.5) is 0 Å². The number of hydrogen-bond acceptors (Lipinski definition) is 3. The molecule has 0 amide bonds. The Hall–Kier alpha value is -1.43. The van der Waals surface area contributed by atoms with Gasteiger partial charge in [-0.3, -0.25) is 0 Å². The lowest BCUT2D eigenvalue weighted by atomic mass is 10.1. The molecule has 0 aliphatic heterocycles. The van der Waals surface area contributed by atoms with Crippen LogP contribution < -0.4 is 4.72 Å². The zero-order valence-electron chi connectivity index (χ0n) is 10.5. The molecule has 0 saturated carbocycles. The van der Waals surface area contributed by atoms with Gasteiger partial charge in [-0.05, 0) is 23.9 Å². The molecule has 2 aromatic rings. The molecule has 1 aromatic heterocycles. The van der Waals surface area contributed by atoms with E-state index in [2.05, 4.69) is 4.72 Å². The van der Waals surface area contributed by atoms with Gasteiger partial charge in [-0.25, -0.2) is 13.1 Å². The molecule has 3 nitrogen and oxygen atoms in total. The van der Waals surface area contributed by atoms with Gasteiger partial charge >= 0.3 is 0 Å². The summed E-state index contributed by atoms with van der Waals surface area (Å²) in [4.78, 5) is 0.321. The monoisotopic (exact) mass is 293 g/mol. The average Bonchev–Trinajstić information content (AvgIpc) is 2.91. The predicted octanol–water partition coefficient (Wildman–Crippen LogP) is 3.05. The van der Waals surface area contributed by atoms with Gasteiger partial charge in [-0.15, -0.1) is 0 Å². The highest BCUT2D eigenvalue weighted by atomic mass is 32.2. The van der Waals surface area contributed by atoms with E-state index in [4.69, 9.17) is 0 Å². The third-order valence-electron chi connectivity index (χ3n) is 2.58. The lowest BCUT2D eigenvalue weighted by Crippen LogP contribution is -2.23. The summed E-state index contributed by atoms with van der Waals surface area (Å²) in [5.74, 6) is 0. The van der Waals surface area contributed by atoms with E-state index in [0.717, 1.165) is 5.56 Å². The Labute approximate surface area is 117 Å². The van der Waals surface area contributed by atoms with Crippen LogP contribution in [0, 0.1) is 6.92 Å². The molecule has 1 heterocycles. The maximum Gasteiger partial charge on any atom is 0.241 e. The minimum atomic E-state index is -3.37. The van der Waals surface area contributed by atoms with Gasteiger partial charge < -0.3 is 0 Å². The molecular formula is C14H15NO2S2. The molecule has 0 atom stereocenters. The number of nitrogens with one attached hydrogen (secondary N) is 1. The second-order valence-corrected chi connectivity index (χ2v) is 6.67. The first-order valence-corrected chi connectivity index (χ1v) is 8.25. The molecule has 100 valence electrons. The number of aryl methyl sites for hydroxylation is 1. The first-order chi connectivity index (χ1) is 9.08. The normalized spacial score (nSPS) is 12.1. The maximum absolute atomic E-state index is 11.8. The van der Waals surface area contributed by atoms with Crippen LogP contribution in [-0.4, -0.2) is 15.0 Å². The van der Waals surface area contributed by atoms with Crippen LogP contribution in [0.15, 0.2) is 52.1 Å². The van der Waals surface area contributed by atoms with Gasteiger partial charge in [0.25, 0.3) is 0 Å². The lowest BCUT2D eigenvalue weighted by molar-refractivity contribution is 0.586. The first-order valence-electron chi connectivity index (χ1n) is 5.83. The van der Waals surface area contributed by atoms with Crippen LogP contribution in [0.2, 0.25) is 0 Å². The van der Waals surface area contributed by atoms with Gasteiger partial charge in [-0.2, -0.15) is 11.3 Å². The molecule has 5 heteroatoms. The van der Waals surface area contributed by atoms with Crippen LogP contribution in [0.1, 0.15) is 11.1 Å². The number of thiophene rings is 1. The molecule has 0 fully saturated rings. The van der Waals surface area contributed by atoms with Crippen molar-refractivity contribution < 1.29 is 8.42 Å². The van der Waals surface area contributed by atoms with Gasteiger partial charge in [0.1, 0.15) is 0 Å². The predicted molar refractivity (Wildman–Crippen MR) is 79.7 cm³/mol. The molecule has 0 aliphatic carbocycles. The van der Waals surface area contributed by atoms with Crippen LogP contribution in [0.3, 0.4) is 0 Å². The SMILES string of the molecule is Cc1ccc(C=CCNS(=O)(=O)c2ccsc2)cc1. The van der Waals surface area contributed by atoms with Crippen molar-refractivity contribution in [2.75, 3.05) is 6.54 Å². The fourth-order valence-electron chi connectivity index (χ4n) is 1.52. The summed E-state index contributed by atoms with van der Waals surface area (Å²) in [6.45, 7) is 2.31. The van der Waals surface area contributed by atoms with Crippen molar-refractivity contribution >= 4 is 27.4 Å². The van der Waals surface area contributed by atoms with E-state index in [-0.39, 0.29) is 6.54 Å². The summed E-state index contributed by atoms with van der Waals surface area (Å²) in [6, 6.07) is 9.64. The van der Waals surface area contributed by atoms with Gasteiger partial charge in [0.2, 0.25) is 10.0 Å². The molecule has 0 bridgehead atoms. The summed E-state index contributed by atoms with van der Waals surface area (Å²) in [5.41, 5.74) is 2.26. The van der Waals surface area contributed by atoms with E-state index in [0.29, 0.717) is 4.90 Å². The molecule has 0 aliphatic rings. The number of benzene rings is 1. The van der Waals surface area contributed by atoms with Crippen molar-refractivity contribution in [3.05, 3.63) is 58.3 Å². The van der Waals surface area contributed by atoms with Crippen LogP contribution >= 0.6 is 11.3 Å². The molecule has 0 spiro atoms. The highest BCUT2D eigenvalue weighted by Crippen LogP contribution is 2.12. The van der Waals surface area contributed by atoms with Crippen molar-refractivity contribution in [2.24, 2.45) is 0 Å². The summed E-state index contributed by atoms with van der Waals surface area (Å²) in [5, 5.41) is 3.36. The Morgan fingerprint density at radius 1 is 1.21 bits per heavy atom. The van der Waals surface area contributed by atoms with Crippen LogP contribution in [0.5, 0.6) is 0 Å². The Balaban J connectivity index is 1.92. The Morgan fingerprint density at radius 2 is 1.95 bits per heavy atom. The van der Waals surface area contributed by atoms with Crippen molar-refractivity contribution in [2.45, 2.75) is 11.8 Å². The smallest absolute Gasteiger partial charge is 0.207 e. The molecular weight excluding hydrogens is 278 g/mol. The van der Waals surface area contributed by atoms with E-state index in [1.807, 2.05) is 37.3 Å². The standard InChI is InChI=1S/C14H15NO2S2/c1-12-4-6-13(7-5-12)3-2-9-15-19(16,17)14-8-10-18-11-14/h2-8,10-11,15H,9H2,1H3. The van der Waals surface area contributed by atoms with Crippen molar-refractivity contribution in [1.29, 1.82) is 0 Å². The molecule has 2 rings (SSSR count). The van der Waals surface area contributed by atoms with Crippen molar-refractivity contribution in [3.63, 3.8) is 0 Å². The quantitative estimate of drug-likeness (QED) is 0.921. The van der Waals surface area contributed by atoms with E-state index < -0.39 is 10.0 Å². The molecule has 0 radical (unpaired) electrons. The fraction of sp³-hybridized carbons (Fsp3) is 0.143. The summed E-state index contributed by atoms with van der Waals surface area (Å²) in [7, 11) is -3.37. The minimum Gasteiger partial charge on any atom is -0.207 e. The van der Waals surface area contributed by atoms with Crippen molar-refractivity contribution in [3.8, 4) is 0 Å². The Kier molecular flexibility index (Phi) is 4.52. The van der Waals surface area contributed by atoms with Crippen molar-refractivity contribution in [1.82, 2.24) is 4.72 Å². The second kappa shape index (κ2) is 6.14. The number of hydrogen-bond donors (Lipinski definition) is 1. The molecule has 19 heavy (non-hydrogen) atoms. The third-order valence-corrected chi connectivity index (χ3v) is 4.84. The highest BCUT2D eigenvalue weighted by molar-refractivity contribution is 7.89. The van der Waals surface area contributed by atoms with Gasteiger partial charge in [-0.1, -0.05) is 42.0 Å². The summed E-state index contributed by atoms with van der Waals surface area (Å²) in [6.07, 6.45) is 3.70. The van der Waals surface area contributed by atoms with E-state index in [1.165, 1.54) is 16.9 Å². The zero-order valence-corrected chi connectivity index (χ0v) is 12.2. The lowest BCUT2D eigenvalue weighted by Gasteiger charge is -2.01. The largest absolute Gasteiger partial charge is 0.241 e. The van der Waals surface area contributed by atoms with E-state index in [1.54, 1.807) is 22.9 Å². The average molecular weight is 293 g/mol. The van der Waals surface area contributed by atoms with Crippen LogP contribution in [0.25, 0.3) is 6.08 Å². The van der Waals surface area contributed by atoms with Gasteiger partial charge in [0, 0.05) is 11.9 Å². The van der Waals surface area contributed by atoms with E-state index in [9.17, 15) is 8.42 Å². The molecule has 1 N–H and O–H groups in total. The molecule has 1 aromatic carbocycles. The Bertz CT molecular complexity index is 641. The van der Waals surface area contributed by atoms with Gasteiger partial charge in [0.15, 0.2) is 0 Å². The Morgan fingerprint density at radius 3 is 2.58 bits per heavy atom. The fourth-order valence-corrected chi connectivity index (χ4v) is 3.52. The van der Waals surface area contributed by atoms with Gasteiger partial charge in [0.05, 0.1) is 4.90 Å². The highest BCUT2D eigenvalue weighted by Gasteiger charge is 2.12. The number of rotatable bonds is 5. The maximum atomic E-state index is 11.8. The minimum absolute atomic E-state index is 0.284. The third kappa shape index (κ3) is 4.02. The summed E-state index contributed by atoms with van der Waals surface area (Å²) >= 11 is 1.37. The molecule has 0 unspecified atom stereocenters.